The number of hydrogen-bond donors (Lipinski definition) is 1. The second-order valence-corrected chi connectivity index (χ2v) is 10.1. The van der Waals surface area contributed by atoms with Gasteiger partial charge in [0.2, 0.25) is 5.91 Å². The normalized spacial score (nSPS) is 18.7. The number of likely N-dealkylation sites (N-methyl/N-ethyl adjacent to an activating group) is 1. The molecule has 0 radical (unpaired) electrons. The van der Waals surface area contributed by atoms with Gasteiger partial charge in [-0.25, -0.2) is 0 Å². The number of thiocarbonyl (C=S) groups is 1. The van der Waals surface area contributed by atoms with Crippen molar-refractivity contribution in [2.24, 2.45) is 0 Å². The number of benzene rings is 2. The Morgan fingerprint density at radius 2 is 1.66 bits per heavy atom. The van der Waals surface area contributed by atoms with Crippen molar-refractivity contribution in [3.05, 3.63) is 54.6 Å². The number of rotatable bonds is 12. The largest absolute Gasteiger partial charge is 0.494 e. The molecule has 2 aliphatic rings. The van der Waals surface area contributed by atoms with Gasteiger partial charge in [0.05, 0.1) is 18.7 Å². The van der Waals surface area contributed by atoms with Crippen LogP contribution in [0.4, 0.5) is 11.4 Å². The van der Waals surface area contributed by atoms with Gasteiger partial charge in [-0.1, -0.05) is 32.0 Å². The fourth-order valence-corrected chi connectivity index (χ4v) is 5.35. The summed E-state index contributed by atoms with van der Waals surface area (Å²) in [7, 11) is 0. The number of ether oxygens (including phenoxy) is 1. The molecule has 2 aromatic rings. The zero-order valence-corrected chi connectivity index (χ0v) is 23.3. The van der Waals surface area contributed by atoms with Crippen molar-refractivity contribution in [2.75, 3.05) is 62.6 Å². The maximum Gasteiger partial charge on any atom is 0.256 e. The van der Waals surface area contributed by atoms with E-state index in [9.17, 15) is 9.59 Å². The smallest absolute Gasteiger partial charge is 0.256 e. The van der Waals surface area contributed by atoms with Gasteiger partial charge in [0.1, 0.15) is 11.8 Å². The zero-order valence-electron chi connectivity index (χ0n) is 22.5. The summed E-state index contributed by atoms with van der Waals surface area (Å²) in [6.07, 6.45) is 1.84. The molecule has 8 nitrogen and oxygen atoms in total. The van der Waals surface area contributed by atoms with Gasteiger partial charge in [-0.2, -0.15) is 0 Å². The van der Waals surface area contributed by atoms with E-state index in [0.29, 0.717) is 24.0 Å². The molecule has 1 N–H and O–H groups in total. The fourth-order valence-electron chi connectivity index (χ4n) is 4.94. The van der Waals surface area contributed by atoms with Gasteiger partial charge in [0, 0.05) is 38.4 Å². The number of nitrogens with one attached hydrogen (secondary N) is 1. The number of hydrogen-bond acceptors (Lipinski definition) is 6. The van der Waals surface area contributed by atoms with Gasteiger partial charge < -0.3 is 24.8 Å². The molecule has 0 spiro atoms. The summed E-state index contributed by atoms with van der Waals surface area (Å²) in [4.78, 5) is 35.1. The van der Waals surface area contributed by atoms with Crippen molar-refractivity contribution in [2.45, 2.75) is 39.2 Å². The van der Waals surface area contributed by atoms with Crippen molar-refractivity contribution >= 4 is 40.5 Å². The minimum absolute atomic E-state index is 0.0333. The number of carbonyl (C=O) groups is 2. The summed E-state index contributed by atoms with van der Waals surface area (Å²) in [6.45, 7) is 11.9. The Balaban J connectivity index is 1.40. The first kappa shape index (κ1) is 28.0. The molecule has 38 heavy (non-hydrogen) atoms. The van der Waals surface area contributed by atoms with Crippen molar-refractivity contribution in [1.29, 1.82) is 0 Å². The molecule has 204 valence electrons. The van der Waals surface area contributed by atoms with Crippen LogP contribution < -0.4 is 15.0 Å². The maximum atomic E-state index is 13.6. The van der Waals surface area contributed by atoms with E-state index in [1.165, 1.54) is 0 Å². The quantitative estimate of drug-likeness (QED) is 0.413. The van der Waals surface area contributed by atoms with Crippen LogP contribution in [-0.4, -0.2) is 90.1 Å². The fraction of sp³-hybridized carbons (Fsp3) is 0.483. The van der Waals surface area contributed by atoms with E-state index in [1.54, 1.807) is 4.90 Å². The molecule has 0 bridgehead atoms. The molecule has 0 unspecified atom stereocenters. The van der Waals surface area contributed by atoms with Gasteiger partial charge in [-0.05, 0) is 74.5 Å². The summed E-state index contributed by atoms with van der Waals surface area (Å²) in [5.41, 5.74) is 1.40. The third kappa shape index (κ3) is 7.09. The molecule has 2 heterocycles. The predicted octanol–water partition coefficient (Wildman–Crippen LogP) is 3.83. The third-order valence-electron chi connectivity index (χ3n) is 7.11. The van der Waals surface area contributed by atoms with E-state index >= 15 is 0 Å². The number of amides is 2. The van der Waals surface area contributed by atoms with Crippen LogP contribution in [-0.2, 0) is 9.59 Å². The van der Waals surface area contributed by atoms with Gasteiger partial charge in [-0.3, -0.25) is 14.5 Å². The standard InChI is InChI=1S/C29H39N5O3S/c1-3-21-37-25-13-11-23(12-14-25)30-27(35)22-26-28(36)34(24-9-6-5-7-10-24)29(38)33(26)16-8-15-32-19-17-31(4-2)18-20-32/h5-7,9-14,26H,3-4,8,15-22H2,1-2H3,(H,30,35)/t26-/m0/s1. The SMILES string of the molecule is CCCOc1ccc(NC(=O)C[C@H]2C(=O)N(c3ccccc3)C(=S)N2CCCN2CCN(CC)CC2)cc1. The molecule has 1 atom stereocenters. The molecule has 9 heteroatoms. The molecule has 2 amide bonds. The number of para-hydroxylation sites is 1. The Labute approximate surface area is 231 Å². The second kappa shape index (κ2) is 13.7. The molecule has 0 saturated carbocycles. The van der Waals surface area contributed by atoms with E-state index in [-0.39, 0.29) is 18.2 Å². The zero-order chi connectivity index (χ0) is 26.9. The molecule has 4 rings (SSSR count). The molecule has 2 fully saturated rings. The number of nitrogens with zero attached hydrogens (tertiary/aromatic N) is 4. The summed E-state index contributed by atoms with van der Waals surface area (Å²) >= 11 is 5.80. The van der Waals surface area contributed by atoms with Crippen LogP contribution in [0.3, 0.4) is 0 Å². The first-order valence-electron chi connectivity index (χ1n) is 13.7. The summed E-state index contributed by atoms with van der Waals surface area (Å²) < 4.78 is 5.62. The molecule has 2 aromatic carbocycles. The molecular weight excluding hydrogens is 498 g/mol. The Morgan fingerprint density at radius 3 is 2.32 bits per heavy atom. The van der Waals surface area contributed by atoms with E-state index in [1.807, 2.05) is 59.5 Å². The van der Waals surface area contributed by atoms with Crippen LogP contribution in [0.1, 0.15) is 33.1 Å². The lowest BCUT2D eigenvalue weighted by Gasteiger charge is -2.34. The highest BCUT2D eigenvalue weighted by molar-refractivity contribution is 7.80. The highest BCUT2D eigenvalue weighted by Crippen LogP contribution is 2.28. The van der Waals surface area contributed by atoms with Gasteiger partial charge in [-0.15, -0.1) is 0 Å². The Morgan fingerprint density at radius 1 is 0.974 bits per heavy atom. The second-order valence-electron chi connectivity index (χ2n) is 9.76. The highest BCUT2D eigenvalue weighted by atomic mass is 32.1. The van der Waals surface area contributed by atoms with E-state index < -0.39 is 6.04 Å². The van der Waals surface area contributed by atoms with Crippen LogP contribution in [0.15, 0.2) is 54.6 Å². The lowest BCUT2D eigenvalue weighted by Crippen LogP contribution is -2.47. The number of anilines is 2. The minimum Gasteiger partial charge on any atom is -0.494 e. The van der Waals surface area contributed by atoms with Crippen molar-refractivity contribution in [3.63, 3.8) is 0 Å². The van der Waals surface area contributed by atoms with Crippen LogP contribution in [0.2, 0.25) is 0 Å². The van der Waals surface area contributed by atoms with Crippen LogP contribution >= 0.6 is 12.2 Å². The van der Waals surface area contributed by atoms with Crippen molar-refractivity contribution in [3.8, 4) is 5.75 Å². The monoisotopic (exact) mass is 537 g/mol. The van der Waals surface area contributed by atoms with E-state index in [2.05, 4.69) is 29.0 Å². The number of carbonyl (C=O) groups excluding carboxylic acids is 2. The van der Waals surface area contributed by atoms with E-state index in [4.69, 9.17) is 17.0 Å². The molecule has 0 aromatic heterocycles. The lowest BCUT2D eigenvalue weighted by atomic mass is 10.1. The average Bonchev–Trinajstić information content (AvgIpc) is 3.17. The highest BCUT2D eigenvalue weighted by Gasteiger charge is 2.43. The topological polar surface area (TPSA) is 68.4 Å². The molecular formula is C29H39N5O3S. The first-order valence-corrected chi connectivity index (χ1v) is 14.1. The first-order chi connectivity index (χ1) is 18.5. The molecule has 0 aliphatic carbocycles. The van der Waals surface area contributed by atoms with Gasteiger partial charge >= 0.3 is 0 Å². The maximum absolute atomic E-state index is 13.6. The summed E-state index contributed by atoms with van der Waals surface area (Å²) in [5, 5.41) is 3.40. The van der Waals surface area contributed by atoms with E-state index in [0.717, 1.165) is 63.5 Å². The molecule has 2 aliphatic heterocycles. The average molecular weight is 538 g/mol. The summed E-state index contributed by atoms with van der Waals surface area (Å²) in [5.74, 6) is 0.391. The lowest BCUT2D eigenvalue weighted by molar-refractivity contribution is -0.124. The minimum atomic E-state index is -0.633. The van der Waals surface area contributed by atoms with Crippen LogP contribution in [0.25, 0.3) is 0 Å². The predicted molar refractivity (Wildman–Crippen MR) is 156 cm³/mol. The van der Waals surface area contributed by atoms with Crippen molar-refractivity contribution in [1.82, 2.24) is 14.7 Å². The molecule has 2 saturated heterocycles. The van der Waals surface area contributed by atoms with Crippen molar-refractivity contribution < 1.29 is 14.3 Å². The third-order valence-corrected chi connectivity index (χ3v) is 7.53. The summed E-state index contributed by atoms with van der Waals surface area (Å²) in [6, 6.07) is 16.1. The Kier molecular flexibility index (Phi) is 10.1. The Hall–Kier alpha value is -3.01. The Bertz CT molecular complexity index is 1070. The van der Waals surface area contributed by atoms with Crippen LogP contribution in [0.5, 0.6) is 5.75 Å². The van der Waals surface area contributed by atoms with Gasteiger partial charge in [0.15, 0.2) is 5.11 Å². The number of piperazine rings is 1. The van der Waals surface area contributed by atoms with Crippen LogP contribution in [0, 0.1) is 0 Å². The van der Waals surface area contributed by atoms with Gasteiger partial charge in [0.25, 0.3) is 5.91 Å².